The summed E-state index contributed by atoms with van der Waals surface area (Å²) in [4.78, 5) is 16.7. The summed E-state index contributed by atoms with van der Waals surface area (Å²) in [5.41, 5.74) is 1.84. The van der Waals surface area contributed by atoms with Gasteiger partial charge in [0.15, 0.2) is 5.82 Å². The second-order valence-corrected chi connectivity index (χ2v) is 6.15. The van der Waals surface area contributed by atoms with Gasteiger partial charge in [0, 0.05) is 17.0 Å². The van der Waals surface area contributed by atoms with E-state index in [1.54, 1.807) is 12.1 Å². The van der Waals surface area contributed by atoms with E-state index >= 15 is 0 Å². The van der Waals surface area contributed by atoms with E-state index in [2.05, 4.69) is 36.0 Å². The Balaban J connectivity index is 1.40. The first-order valence-corrected chi connectivity index (χ1v) is 8.34. The van der Waals surface area contributed by atoms with E-state index in [0.29, 0.717) is 5.82 Å². The first kappa shape index (κ1) is 16.0. The minimum Gasteiger partial charge on any atom is -0.344 e. The Kier molecular flexibility index (Phi) is 4.19. The lowest BCUT2D eigenvalue weighted by atomic mass is 10.2. The largest absolute Gasteiger partial charge is 0.344 e. The number of benzene rings is 1. The van der Waals surface area contributed by atoms with Gasteiger partial charge in [0.05, 0.1) is 12.2 Å². The number of amides is 1. The number of thiazole rings is 1. The molecule has 0 aliphatic heterocycles. The minimum absolute atomic E-state index is 0.268. The lowest BCUT2D eigenvalue weighted by Crippen LogP contribution is -2.23. The number of carbonyl (C=O) groups excluding carboxylic acids is 1. The third kappa shape index (κ3) is 3.32. The SMILES string of the molecule is O=C(NCc1nc(-c2ccc(F)cc2)cs1)c1cc(-n2cnnn2)n[nH]1. The monoisotopic (exact) mass is 370 g/mol. The van der Waals surface area contributed by atoms with Crippen LogP contribution in [0.25, 0.3) is 17.1 Å². The van der Waals surface area contributed by atoms with Crippen molar-refractivity contribution in [3.05, 3.63) is 58.6 Å². The molecule has 0 fully saturated rings. The number of hydrogen-bond acceptors (Lipinski definition) is 7. The van der Waals surface area contributed by atoms with Crippen LogP contribution in [0, 0.1) is 5.82 Å². The van der Waals surface area contributed by atoms with Crippen LogP contribution >= 0.6 is 11.3 Å². The van der Waals surface area contributed by atoms with E-state index in [0.717, 1.165) is 16.3 Å². The molecule has 11 heteroatoms. The third-order valence-electron chi connectivity index (χ3n) is 3.48. The molecule has 3 aromatic heterocycles. The summed E-state index contributed by atoms with van der Waals surface area (Å²) >= 11 is 1.41. The van der Waals surface area contributed by atoms with Crippen LogP contribution in [0.2, 0.25) is 0 Å². The summed E-state index contributed by atoms with van der Waals surface area (Å²) in [6.07, 6.45) is 1.38. The van der Waals surface area contributed by atoms with Gasteiger partial charge in [-0.25, -0.2) is 9.37 Å². The topological polar surface area (TPSA) is 114 Å². The fraction of sp³-hybridized carbons (Fsp3) is 0.0667. The molecule has 4 rings (SSSR count). The molecule has 0 saturated heterocycles. The Morgan fingerprint density at radius 3 is 2.92 bits per heavy atom. The van der Waals surface area contributed by atoms with Gasteiger partial charge in [0.25, 0.3) is 5.91 Å². The number of rotatable bonds is 5. The minimum atomic E-state index is -0.324. The molecule has 0 aliphatic carbocycles. The van der Waals surface area contributed by atoms with E-state index < -0.39 is 0 Å². The zero-order valence-electron chi connectivity index (χ0n) is 13.1. The summed E-state index contributed by atoms with van der Waals surface area (Å²) < 4.78 is 14.3. The van der Waals surface area contributed by atoms with Gasteiger partial charge in [-0.1, -0.05) is 0 Å². The van der Waals surface area contributed by atoms with Crippen LogP contribution < -0.4 is 5.32 Å². The highest BCUT2D eigenvalue weighted by molar-refractivity contribution is 7.09. The highest BCUT2D eigenvalue weighted by Gasteiger charge is 2.12. The van der Waals surface area contributed by atoms with E-state index in [9.17, 15) is 9.18 Å². The van der Waals surface area contributed by atoms with Crippen LogP contribution in [-0.2, 0) is 6.54 Å². The maximum absolute atomic E-state index is 13.0. The van der Waals surface area contributed by atoms with Crippen molar-refractivity contribution in [2.45, 2.75) is 6.54 Å². The molecule has 0 spiro atoms. The van der Waals surface area contributed by atoms with E-state index in [4.69, 9.17) is 0 Å². The molecule has 0 radical (unpaired) electrons. The zero-order valence-corrected chi connectivity index (χ0v) is 13.9. The third-order valence-corrected chi connectivity index (χ3v) is 4.33. The van der Waals surface area contributed by atoms with Crippen molar-refractivity contribution >= 4 is 17.2 Å². The van der Waals surface area contributed by atoms with E-state index in [1.165, 1.54) is 40.5 Å². The number of carbonyl (C=O) groups is 1. The van der Waals surface area contributed by atoms with Gasteiger partial charge < -0.3 is 5.32 Å². The Bertz CT molecular complexity index is 1020. The molecule has 0 unspecified atom stereocenters. The highest BCUT2D eigenvalue weighted by atomic mass is 32.1. The molecule has 26 heavy (non-hydrogen) atoms. The Labute approximate surface area is 149 Å². The summed E-state index contributed by atoms with van der Waals surface area (Å²) in [6.45, 7) is 0.268. The molecule has 130 valence electrons. The summed E-state index contributed by atoms with van der Waals surface area (Å²) in [6, 6.07) is 7.64. The Hall–Kier alpha value is -3.47. The van der Waals surface area contributed by atoms with Gasteiger partial charge in [-0.05, 0) is 34.7 Å². The number of tetrazole rings is 1. The molecule has 0 bridgehead atoms. The fourth-order valence-corrected chi connectivity index (χ4v) is 2.95. The summed E-state index contributed by atoms with van der Waals surface area (Å²) in [7, 11) is 0. The number of H-pyrrole nitrogens is 1. The predicted molar refractivity (Wildman–Crippen MR) is 90.0 cm³/mol. The van der Waals surface area contributed by atoms with Crippen LogP contribution in [0.5, 0.6) is 0 Å². The first-order chi connectivity index (χ1) is 12.7. The standard InChI is InChI=1S/C15H11FN8OS/c16-10-3-1-9(2-4-10)12-7-26-14(19-12)6-17-15(25)11-5-13(21-20-11)24-8-18-22-23-24/h1-5,7-8H,6H2,(H,17,25)(H,20,21). The summed E-state index contributed by atoms with van der Waals surface area (Å²) in [5.74, 6) is -0.208. The van der Waals surface area contributed by atoms with Gasteiger partial charge in [0.1, 0.15) is 22.8 Å². The molecule has 2 N–H and O–H groups in total. The lowest BCUT2D eigenvalue weighted by molar-refractivity contribution is 0.0946. The average molecular weight is 370 g/mol. The van der Waals surface area contributed by atoms with Crippen LogP contribution in [-0.4, -0.2) is 41.3 Å². The molecule has 9 nitrogen and oxygen atoms in total. The molecule has 0 saturated carbocycles. The highest BCUT2D eigenvalue weighted by Crippen LogP contribution is 2.22. The maximum atomic E-state index is 13.0. The number of nitrogens with one attached hydrogen (secondary N) is 2. The molecule has 1 aromatic carbocycles. The van der Waals surface area contributed by atoms with Crippen molar-refractivity contribution < 1.29 is 9.18 Å². The van der Waals surface area contributed by atoms with Crippen LogP contribution in [0.3, 0.4) is 0 Å². The van der Waals surface area contributed by atoms with E-state index in [-0.39, 0.29) is 24.0 Å². The lowest BCUT2D eigenvalue weighted by Gasteiger charge is -2.00. The molecule has 4 aromatic rings. The molecule has 0 atom stereocenters. The second kappa shape index (κ2) is 6.80. The first-order valence-electron chi connectivity index (χ1n) is 7.46. The number of aromatic amines is 1. The molecule has 0 aliphatic rings. The predicted octanol–water partition coefficient (Wildman–Crippen LogP) is 1.58. The number of aromatic nitrogens is 7. The number of nitrogens with zero attached hydrogens (tertiary/aromatic N) is 6. The van der Waals surface area contributed by atoms with Crippen molar-refractivity contribution in [3.8, 4) is 17.1 Å². The number of halogens is 1. The van der Waals surface area contributed by atoms with Gasteiger partial charge in [-0.2, -0.15) is 9.78 Å². The van der Waals surface area contributed by atoms with Crippen molar-refractivity contribution in [2.75, 3.05) is 0 Å². The smallest absolute Gasteiger partial charge is 0.269 e. The quantitative estimate of drug-likeness (QED) is 0.551. The zero-order chi connectivity index (χ0) is 17.9. The van der Waals surface area contributed by atoms with Gasteiger partial charge >= 0.3 is 0 Å². The van der Waals surface area contributed by atoms with Crippen molar-refractivity contribution in [1.82, 2.24) is 40.7 Å². The van der Waals surface area contributed by atoms with Gasteiger partial charge in [-0.3, -0.25) is 9.89 Å². The molecular weight excluding hydrogens is 359 g/mol. The summed E-state index contributed by atoms with van der Waals surface area (Å²) in [5, 5.41) is 22.7. The van der Waals surface area contributed by atoms with Crippen molar-refractivity contribution in [3.63, 3.8) is 0 Å². The normalized spacial score (nSPS) is 10.8. The molecular formula is C15H11FN8OS. The Morgan fingerprint density at radius 2 is 2.15 bits per heavy atom. The number of hydrogen-bond donors (Lipinski definition) is 2. The van der Waals surface area contributed by atoms with Crippen LogP contribution in [0.4, 0.5) is 4.39 Å². The van der Waals surface area contributed by atoms with Crippen LogP contribution in [0.15, 0.2) is 42.0 Å². The maximum Gasteiger partial charge on any atom is 0.269 e. The van der Waals surface area contributed by atoms with Gasteiger partial charge in [0.2, 0.25) is 0 Å². The average Bonchev–Trinajstić information content (AvgIpc) is 3.41. The van der Waals surface area contributed by atoms with Crippen molar-refractivity contribution in [2.24, 2.45) is 0 Å². The Morgan fingerprint density at radius 1 is 1.31 bits per heavy atom. The van der Waals surface area contributed by atoms with E-state index in [1.807, 2.05) is 5.38 Å². The van der Waals surface area contributed by atoms with Crippen LogP contribution in [0.1, 0.15) is 15.5 Å². The second-order valence-electron chi connectivity index (χ2n) is 5.21. The molecule has 1 amide bonds. The fourth-order valence-electron chi connectivity index (χ4n) is 2.21. The molecule has 3 heterocycles. The van der Waals surface area contributed by atoms with Gasteiger partial charge in [-0.15, -0.1) is 16.4 Å². The van der Waals surface area contributed by atoms with Crippen molar-refractivity contribution in [1.29, 1.82) is 0 Å².